The number of nitrogens with two attached hydrogens (primary N) is 1. The fourth-order valence-corrected chi connectivity index (χ4v) is 3.81. The van der Waals surface area contributed by atoms with Crippen molar-refractivity contribution in [3.63, 3.8) is 0 Å². The predicted molar refractivity (Wildman–Crippen MR) is 140 cm³/mol. The van der Waals surface area contributed by atoms with E-state index >= 15 is 0 Å². The highest BCUT2D eigenvalue weighted by molar-refractivity contribution is 6.29. The molecule has 3 N–H and O–H groups in total. The molecule has 0 aliphatic carbocycles. The largest absolute Gasteiger partial charge is 0.474 e. The average Bonchev–Trinajstić information content (AvgIpc) is 3.35. The highest BCUT2D eigenvalue weighted by Gasteiger charge is 2.21. The smallest absolute Gasteiger partial charge is 0.223 e. The first-order chi connectivity index (χ1) is 17.7. The molecule has 1 atom stereocenters. The first-order valence-electron chi connectivity index (χ1n) is 11.4. The number of aryl methyl sites for hydroxylation is 3. The van der Waals surface area contributed by atoms with Crippen molar-refractivity contribution in [2.24, 2.45) is 14.1 Å². The summed E-state index contributed by atoms with van der Waals surface area (Å²) in [6.07, 6.45) is 5.40. The van der Waals surface area contributed by atoms with Crippen molar-refractivity contribution in [2.75, 3.05) is 17.6 Å². The molecule has 0 aromatic carbocycles. The number of pyridine rings is 1. The lowest BCUT2D eigenvalue weighted by Gasteiger charge is -2.17. The molecule has 0 aliphatic rings. The van der Waals surface area contributed by atoms with E-state index < -0.39 is 0 Å². The maximum Gasteiger partial charge on any atom is 0.223 e. The number of nitrogens with one attached hydrogen (secondary N) is 1. The topological polar surface area (TPSA) is 145 Å². The number of anilines is 2. The van der Waals surface area contributed by atoms with E-state index in [2.05, 4.69) is 42.3 Å². The van der Waals surface area contributed by atoms with Gasteiger partial charge in [0.15, 0.2) is 11.5 Å². The monoisotopic (exact) mass is 516 g/mol. The zero-order chi connectivity index (χ0) is 26.5. The van der Waals surface area contributed by atoms with Crippen LogP contribution in [-0.4, -0.2) is 47.2 Å². The van der Waals surface area contributed by atoms with E-state index in [1.54, 1.807) is 47.1 Å². The van der Waals surface area contributed by atoms with E-state index in [9.17, 15) is 5.26 Å². The number of nitriles is 1. The lowest BCUT2D eigenvalue weighted by atomic mass is 10.2. The molecule has 12 heteroatoms. The predicted octanol–water partition coefficient (Wildman–Crippen LogP) is 3.09. The highest BCUT2D eigenvalue weighted by atomic mass is 35.5. The van der Waals surface area contributed by atoms with Gasteiger partial charge in [-0.2, -0.15) is 15.5 Å². The van der Waals surface area contributed by atoms with E-state index in [0.29, 0.717) is 52.3 Å². The van der Waals surface area contributed by atoms with Crippen LogP contribution in [0.4, 0.5) is 11.5 Å². The van der Waals surface area contributed by atoms with Gasteiger partial charge in [0.1, 0.15) is 22.6 Å². The quantitative estimate of drug-likeness (QED) is 0.279. The summed E-state index contributed by atoms with van der Waals surface area (Å²) in [6, 6.07) is 5.39. The molecule has 0 spiro atoms. The van der Waals surface area contributed by atoms with Gasteiger partial charge in [0, 0.05) is 45.7 Å². The van der Waals surface area contributed by atoms with Crippen molar-refractivity contribution < 1.29 is 4.74 Å². The van der Waals surface area contributed by atoms with Gasteiger partial charge in [0.2, 0.25) is 5.88 Å². The van der Waals surface area contributed by atoms with E-state index in [4.69, 9.17) is 22.1 Å². The second kappa shape index (κ2) is 11.0. The van der Waals surface area contributed by atoms with Gasteiger partial charge in [-0.15, -0.1) is 0 Å². The Morgan fingerprint density at radius 3 is 2.76 bits per heavy atom. The van der Waals surface area contributed by atoms with Crippen LogP contribution in [0.15, 0.2) is 30.7 Å². The number of hydrogen-bond donors (Lipinski definition) is 2. The lowest BCUT2D eigenvalue weighted by Crippen LogP contribution is -2.19. The molecule has 11 nitrogen and oxygen atoms in total. The first-order valence-corrected chi connectivity index (χ1v) is 11.8. The van der Waals surface area contributed by atoms with Gasteiger partial charge in [0.25, 0.3) is 0 Å². The zero-order valence-corrected chi connectivity index (χ0v) is 21.6. The Balaban J connectivity index is 1.46. The van der Waals surface area contributed by atoms with Crippen molar-refractivity contribution >= 4 is 23.1 Å². The second-order valence-electron chi connectivity index (χ2n) is 8.32. The number of hydrogen-bond acceptors (Lipinski definition) is 9. The Morgan fingerprint density at radius 2 is 2.00 bits per heavy atom. The van der Waals surface area contributed by atoms with Gasteiger partial charge < -0.3 is 15.8 Å². The third kappa shape index (κ3) is 5.97. The van der Waals surface area contributed by atoms with Crippen molar-refractivity contribution in [2.45, 2.75) is 26.4 Å². The maximum atomic E-state index is 9.24. The van der Waals surface area contributed by atoms with Crippen molar-refractivity contribution in [3.8, 4) is 35.2 Å². The van der Waals surface area contributed by atoms with Crippen LogP contribution in [0.25, 0.3) is 11.4 Å². The molecular formula is C25H25ClN10O. The van der Waals surface area contributed by atoms with Gasteiger partial charge in [-0.25, -0.2) is 19.6 Å². The molecule has 0 saturated carbocycles. The van der Waals surface area contributed by atoms with Gasteiger partial charge >= 0.3 is 0 Å². The average molecular weight is 517 g/mol. The van der Waals surface area contributed by atoms with Crippen molar-refractivity contribution in [3.05, 3.63) is 58.4 Å². The molecule has 37 heavy (non-hydrogen) atoms. The van der Waals surface area contributed by atoms with Gasteiger partial charge in [-0.1, -0.05) is 23.4 Å². The molecule has 0 bridgehead atoms. The number of nitrogens with zero attached hydrogens (tertiary/aromatic N) is 8. The Labute approximate surface area is 219 Å². The second-order valence-corrected chi connectivity index (χ2v) is 8.70. The molecule has 0 aliphatic heterocycles. The summed E-state index contributed by atoms with van der Waals surface area (Å²) in [5.74, 6) is 7.46. The number of rotatable bonds is 7. The molecule has 4 heterocycles. The van der Waals surface area contributed by atoms with E-state index in [0.717, 1.165) is 11.4 Å². The minimum absolute atomic E-state index is 0.164. The third-order valence-electron chi connectivity index (χ3n) is 5.39. The van der Waals surface area contributed by atoms with E-state index in [-0.39, 0.29) is 11.8 Å². The Kier molecular flexibility index (Phi) is 7.56. The maximum absolute atomic E-state index is 9.24. The number of halogens is 1. The van der Waals surface area contributed by atoms with Crippen LogP contribution < -0.4 is 15.8 Å². The van der Waals surface area contributed by atoms with Gasteiger partial charge in [-0.05, 0) is 26.0 Å². The van der Waals surface area contributed by atoms with Crippen LogP contribution in [0.5, 0.6) is 5.88 Å². The van der Waals surface area contributed by atoms with E-state index in [1.807, 2.05) is 27.0 Å². The summed E-state index contributed by atoms with van der Waals surface area (Å²) >= 11 is 6.13. The number of nitrogen functional groups attached to an aromatic ring is 1. The Morgan fingerprint density at radius 1 is 1.22 bits per heavy atom. The van der Waals surface area contributed by atoms with Crippen molar-refractivity contribution in [1.82, 2.24) is 34.5 Å². The summed E-state index contributed by atoms with van der Waals surface area (Å²) in [6.45, 7) is 4.43. The molecule has 188 valence electrons. The molecule has 4 aromatic rings. The summed E-state index contributed by atoms with van der Waals surface area (Å²) < 4.78 is 9.47. The van der Waals surface area contributed by atoms with Gasteiger partial charge in [0.05, 0.1) is 28.6 Å². The molecule has 0 saturated heterocycles. The molecular weight excluding hydrogens is 492 g/mol. The fraction of sp³-hybridized carbons (Fsp3) is 0.280. The normalized spacial score (nSPS) is 11.4. The minimum atomic E-state index is -0.164. The third-order valence-corrected chi connectivity index (χ3v) is 5.59. The lowest BCUT2D eigenvalue weighted by molar-refractivity contribution is 0.198. The van der Waals surface area contributed by atoms with Crippen LogP contribution in [0, 0.1) is 30.1 Å². The highest BCUT2D eigenvalue weighted by Crippen LogP contribution is 2.31. The SMILES string of the molecule is Cc1nn(C)c(O[C@H](C)CCNc2cc(Cl)ncc2C#Cc2cn(C)nc2C#N)c1-c1nccc(N)n1. The molecule has 0 amide bonds. The summed E-state index contributed by atoms with van der Waals surface area (Å²) in [4.78, 5) is 12.8. The van der Waals surface area contributed by atoms with Crippen LogP contribution >= 0.6 is 11.6 Å². The van der Waals surface area contributed by atoms with E-state index in [1.165, 1.54) is 0 Å². The number of ether oxygens (including phenoxy) is 1. The first kappa shape index (κ1) is 25.5. The summed E-state index contributed by atoms with van der Waals surface area (Å²) in [5, 5.41) is 21.5. The Bertz CT molecular complexity index is 1540. The van der Waals surface area contributed by atoms with Crippen LogP contribution in [0.3, 0.4) is 0 Å². The van der Waals surface area contributed by atoms with Crippen molar-refractivity contribution in [1.29, 1.82) is 5.26 Å². The fourth-order valence-electron chi connectivity index (χ4n) is 3.66. The van der Waals surface area contributed by atoms with Crippen LogP contribution in [0.2, 0.25) is 5.15 Å². The molecule has 4 rings (SSSR count). The van der Waals surface area contributed by atoms with Crippen LogP contribution in [-0.2, 0) is 14.1 Å². The minimum Gasteiger partial charge on any atom is -0.474 e. The molecule has 4 aromatic heterocycles. The van der Waals surface area contributed by atoms with Crippen LogP contribution in [0.1, 0.15) is 35.9 Å². The summed E-state index contributed by atoms with van der Waals surface area (Å²) in [7, 11) is 3.55. The van der Waals surface area contributed by atoms with Gasteiger partial charge in [-0.3, -0.25) is 4.68 Å². The zero-order valence-electron chi connectivity index (χ0n) is 20.8. The molecule has 0 radical (unpaired) electrons. The Hall–Kier alpha value is -4.61. The molecule has 0 fully saturated rings. The standard InChI is InChI=1S/C25H25ClN10O/c1-15(37-25-23(16(2)33-36(25)4)24-30-10-8-22(28)32-24)7-9-29-19-11-21(26)31-13-17(19)5-6-18-14-35(3)34-20(18)12-27/h8,10-11,13-15H,7,9H2,1-4H3,(H,29,31)(H2,28,30,32)/t15-/m1/s1. The summed E-state index contributed by atoms with van der Waals surface area (Å²) in [5.41, 5.74) is 9.49. The number of aromatic nitrogens is 7. The molecule has 0 unspecified atom stereocenters.